The van der Waals surface area contributed by atoms with Gasteiger partial charge in [0.15, 0.2) is 0 Å². The average molecular weight is 218 g/mol. The molecule has 16 heavy (non-hydrogen) atoms. The van der Waals surface area contributed by atoms with Gasteiger partial charge in [-0.05, 0) is 23.8 Å². The number of nitrogens with one attached hydrogen (secondary N) is 1. The number of nitrogens with zero attached hydrogens (tertiary/aromatic N) is 1. The molecule has 2 N–H and O–H groups in total. The molecule has 2 aromatic rings. The summed E-state index contributed by atoms with van der Waals surface area (Å²) < 4.78 is 5.10. The molecular formula is C12H14N2O2. The highest BCUT2D eigenvalue weighted by molar-refractivity contribution is 5.08. The summed E-state index contributed by atoms with van der Waals surface area (Å²) in [5.74, 6) is 0.582. The Labute approximate surface area is 93.9 Å². The molecule has 0 saturated carbocycles. The molecule has 0 fully saturated rings. The van der Waals surface area contributed by atoms with Crippen LogP contribution in [0, 0.1) is 0 Å². The highest BCUT2D eigenvalue weighted by atomic mass is 16.4. The highest BCUT2D eigenvalue weighted by Gasteiger charge is 2.08. The van der Waals surface area contributed by atoms with Crippen molar-refractivity contribution in [2.45, 2.75) is 12.6 Å². The third-order valence-electron chi connectivity index (χ3n) is 2.26. The third-order valence-corrected chi connectivity index (χ3v) is 2.26. The van der Waals surface area contributed by atoms with Crippen molar-refractivity contribution in [2.24, 2.45) is 0 Å². The molecule has 0 aliphatic rings. The van der Waals surface area contributed by atoms with Crippen molar-refractivity contribution >= 4 is 0 Å². The quantitative estimate of drug-likeness (QED) is 0.798. The standard InChI is InChI=1S/C12H14N2O2/c15-11(12-4-2-6-16-12)9-14-8-10-3-1-5-13-7-10/h1-7,11,14-15H,8-9H2. The molecule has 4 nitrogen and oxygen atoms in total. The Morgan fingerprint density at radius 3 is 3.00 bits per heavy atom. The Hall–Kier alpha value is -1.65. The summed E-state index contributed by atoms with van der Waals surface area (Å²) >= 11 is 0. The number of aliphatic hydroxyl groups is 1. The lowest BCUT2D eigenvalue weighted by atomic mass is 10.2. The number of aromatic nitrogens is 1. The van der Waals surface area contributed by atoms with E-state index in [0.29, 0.717) is 18.8 Å². The van der Waals surface area contributed by atoms with Crippen LogP contribution in [0.1, 0.15) is 17.4 Å². The molecule has 0 saturated heterocycles. The van der Waals surface area contributed by atoms with E-state index in [1.54, 1.807) is 30.8 Å². The topological polar surface area (TPSA) is 58.3 Å². The van der Waals surface area contributed by atoms with Crippen molar-refractivity contribution in [2.75, 3.05) is 6.54 Å². The van der Waals surface area contributed by atoms with Crippen LogP contribution in [0.4, 0.5) is 0 Å². The van der Waals surface area contributed by atoms with Gasteiger partial charge in [0.2, 0.25) is 0 Å². The smallest absolute Gasteiger partial charge is 0.133 e. The van der Waals surface area contributed by atoms with Crippen LogP contribution in [0.15, 0.2) is 47.3 Å². The van der Waals surface area contributed by atoms with Gasteiger partial charge in [0.05, 0.1) is 6.26 Å². The number of furan rings is 1. The molecular weight excluding hydrogens is 204 g/mol. The molecule has 84 valence electrons. The van der Waals surface area contributed by atoms with Gasteiger partial charge in [-0.1, -0.05) is 6.07 Å². The molecule has 1 unspecified atom stereocenters. The van der Waals surface area contributed by atoms with Crippen molar-refractivity contribution in [3.05, 3.63) is 54.2 Å². The predicted molar refractivity (Wildman–Crippen MR) is 59.6 cm³/mol. The van der Waals surface area contributed by atoms with E-state index in [4.69, 9.17) is 4.42 Å². The van der Waals surface area contributed by atoms with Crippen LogP contribution in [0.2, 0.25) is 0 Å². The van der Waals surface area contributed by atoms with Crippen molar-refractivity contribution in [1.29, 1.82) is 0 Å². The summed E-state index contributed by atoms with van der Waals surface area (Å²) in [5, 5.41) is 12.9. The average Bonchev–Trinajstić information content (AvgIpc) is 2.84. The van der Waals surface area contributed by atoms with E-state index in [9.17, 15) is 5.11 Å². The summed E-state index contributed by atoms with van der Waals surface area (Å²) in [6.07, 6.45) is 4.49. The van der Waals surface area contributed by atoms with Crippen molar-refractivity contribution < 1.29 is 9.52 Å². The van der Waals surface area contributed by atoms with E-state index < -0.39 is 6.10 Å². The summed E-state index contributed by atoms with van der Waals surface area (Å²) in [6.45, 7) is 1.15. The zero-order valence-electron chi connectivity index (χ0n) is 8.84. The first-order chi connectivity index (χ1) is 7.86. The zero-order chi connectivity index (χ0) is 11.2. The highest BCUT2D eigenvalue weighted by Crippen LogP contribution is 2.11. The Bertz CT molecular complexity index is 400. The number of aliphatic hydroxyl groups excluding tert-OH is 1. The van der Waals surface area contributed by atoms with Gasteiger partial charge in [-0.15, -0.1) is 0 Å². The van der Waals surface area contributed by atoms with Crippen molar-refractivity contribution in [1.82, 2.24) is 10.3 Å². The number of hydrogen-bond acceptors (Lipinski definition) is 4. The minimum absolute atomic E-state index is 0.461. The van der Waals surface area contributed by atoms with Crippen LogP contribution in [-0.4, -0.2) is 16.6 Å². The first-order valence-electron chi connectivity index (χ1n) is 5.17. The molecule has 0 aromatic carbocycles. The van der Waals surface area contributed by atoms with Crippen LogP contribution >= 0.6 is 0 Å². The normalized spacial score (nSPS) is 12.6. The fourth-order valence-corrected chi connectivity index (χ4v) is 1.44. The van der Waals surface area contributed by atoms with Gasteiger partial charge in [0.25, 0.3) is 0 Å². The van der Waals surface area contributed by atoms with Gasteiger partial charge >= 0.3 is 0 Å². The van der Waals surface area contributed by atoms with E-state index >= 15 is 0 Å². The van der Waals surface area contributed by atoms with Gasteiger partial charge in [0.1, 0.15) is 11.9 Å². The summed E-state index contributed by atoms with van der Waals surface area (Å²) in [7, 11) is 0. The second-order valence-corrected chi connectivity index (χ2v) is 3.52. The van der Waals surface area contributed by atoms with Crippen LogP contribution in [0.3, 0.4) is 0 Å². The minimum atomic E-state index is -0.605. The van der Waals surface area contributed by atoms with Crippen LogP contribution < -0.4 is 5.32 Å². The Morgan fingerprint density at radius 2 is 2.31 bits per heavy atom. The second kappa shape index (κ2) is 5.44. The molecule has 0 radical (unpaired) electrons. The predicted octanol–water partition coefficient (Wildman–Crippen LogP) is 1.50. The molecule has 4 heteroatoms. The molecule has 2 rings (SSSR count). The maximum Gasteiger partial charge on any atom is 0.133 e. The largest absolute Gasteiger partial charge is 0.467 e. The minimum Gasteiger partial charge on any atom is -0.467 e. The first kappa shape index (κ1) is 10.9. The number of pyridine rings is 1. The third kappa shape index (κ3) is 2.92. The summed E-state index contributed by atoms with van der Waals surface area (Å²) in [5.41, 5.74) is 1.09. The van der Waals surface area contributed by atoms with Gasteiger partial charge in [-0.2, -0.15) is 0 Å². The lowest BCUT2D eigenvalue weighted by Crippen LogP contribution is -2.20. The molecule has 0 bridgehead atoms. The molecule has 0 spiro atoms. The monoisotopic (exact) mass is 218 g/mol. The van der Waals surface area contributed by atoms with E-state index in [-0.39, 0.29) is 0 Å². The van der Waals surface area contributed by atoms with Crippen LogP contribution in [-0.2, 0) is 6.54 Å². The van der Waals surface area contributed by atoms with Gasteiger partial charge < -0.3 is 14.8 Å². The molecule has 2 heterocycles. The van der Waals surface area contributed by atoms with Gasteiger partial charge in [-0.3, -0.25) is 4.98 Å². The Kier molecular flexibility index (Phi) is 3.69. The summed E-state index contributed by atoms with van der Waals surface area (Å²) in [4.78, 5) is 4.01. The maximum absolute atomic E-state index is 9.72. The maximum atomic E-state index is 9.72. The fraction of sp³-hybridized carbons (Fsp3) is 0.250. The Balaban J connectivity index is 1.76. The fourth-order valence-electron chi connectivity index (χ4n) is 1.44. The van der Waals surface area contributed by atoms with E-state index in [1.165, 1.54) is 0 Å². The van der Waals surface area contributed by atoms with Crippen LogP contribution in [0.5, 0.6) is 0 Å². The molecule has 0 aliphatic carbocycles. The Morgan fingerprint density at radius 1 is 1.38 bits per heavy atom. The zero-order valence-corrected chi connectivity index (χ0v) is 8.84. The number of hydrogen-bond donors (Lipinski definition) is 2. The van der Waals surface area contributed by atoms with E-state index in [2.05, 4.69) is 10.3 Å². The number of rotatable bonds is 5. The summed E-state index contributed by atoms with van der Waals surface area (Å²) in [6, 6.07) is 7.40. The lowest BCUT2D eigenvalue weighted by Gasteiger charge is -2.09. The van der Waals surface area contributed by atoms with E-state index in [0.717, 1.165) is 5.56 Å². The molecule has 0 amide bonds. The SMILES string of the molecule is OC(CNCc1cccnc1)c1ccco1. The molecule has 1 atom stereocenters. The molecule has 0 aliphatic heterocycles. The van der Waals surface area contributed by atoms with Gasteiger partial charge in [-0.25, -0.2) is 0 Å². The van der Waals surface area contributed by atoms with Crippen LogP contribution in [0.25, 0.3) is 0 Å². The van der Waals surface area contributed by atoms with Crippen molar-refractivity contribution in [3.63, 3.8) is 0 Å². The molecule has 2 aromatic heterocycles. The van der Waals surface area contributed by atoms with E-state index in [1.807, 2.05) is 12.1 Å². The van der Waals surface area contributed by atoms with Crippen molar-refractivity contribution in [3.8, 4) is 0 Å². The van der Waals surface area contributed by atoms with Gasteiger partial charge in [0, 0.05) is 25.5 Å². The first-order valence-corrected chi connectivity index (χ1v) is 5.17. The second-order valence-electron chi connectivity index (χ2n) is 3.52. The lowest BCUT2D eigenvalue weighted by molar-refractivity contribution is 0.147.